The number of thiazole rings is 1. The average molecular weight is 663 g/mol. The molecule has 1 aliphatic heterocycles. The number of nitrogens with one attached hydrogen (secondary N) is 1. The average Bonchev–Trinajstić information content (AvgIpc) is 3.61. The second-order valence-electron chi connectivity index (χ2n) is 10.5. The van der Waals surface area contributed by atoms with Crippen molar-refractivity contribution < 1.29 is 17.5 Å². The molecule has 9 heteroatoms. The summed E-state index contributed by atoms with van der Waals surface area (Å²) in [5.41, 5.74) is 7.24. The zero-order valence-corrected chi connectivity index (χ0v) is 28.2. The molecule has 5 nitrogen and oxygen atoms in total. The highest BCUT2D eigenvalue weighted by Gasteiger charge is 2.21. The van der Waals surface area contributed by atoms with E-state index in [-0.39, 0.29) is 4.90 Å². The Balaban J connectivity index is 0.000000296. The molecule has 6 rings (SSSR count). The lowest BCUT2D eigenvalue weighted by molar-refractivity contribution is -0.665. The number of anilines is 1. The molecule has 44 heavy (non-hydrogen) atoms. The zero-order chi connectivity index (χ0) is 31.3. The molecule has 0 atom stereocenters. The standard InChI is InChI=1S/C28H27ClN2S2.C7H8O3S/c1-3-19(28-30-22-12-5-7-14-24(22)33-28)18-21-11-9-10-20(27(21)29)16-17-26-31(4-2)23-13-6-8-15-25(23)32-26;1-6-2-4-7(5-3-6)11(8,9)10/h5-8,12-18H,3-4,9-11H2,1-2H3;2-5H,1H3,(H,8,9,10). The molecule has 0 radical (unpaired) electrons. The number of fused-ring (bicyclic) bond motifs is 2. The largest absolute Gasteiger partial charge is 0.744 e. The summed E-state index contributed by atoms with van der Waals surface area (Å²) >= 11 is 10.6. The quantitative estimate of drug-likeness (QED) is 0.164. The zero-order valence-electron chi connectivity index (χ0n) is 25.0. The minimum absolute atomic E-state index is 0.178. The lowest BCUT2D eigenvalue weighted by atomic mass is 9.93. The number of halogens is 1. The lowest BCUT2D eigenvalue weighted by Crippen LogP contribution is -2.33. The Kier molecular flexibility index (Phi) is 10.5. The molecule has 3 aromatic carbocycles. The predicted octanol–water partition coefficient (Wildman–Crippen LogP) is 9.56. The van der Waals surface area contributed by atoms with Crippen LogP contribution in [0, 0.1) is 6.92 Å². The van der Waals surface area contributed by atoms with Crippen molar-refractivity contribution in [3.05, 3.63) is 122 Å². The molecule has 1 aliphatic carbocycles. The molecular formula is C35H35ClN2O3S3. The van der Waals surface area contributed by atoms with Crippen LogP contribution in [-0.4, -0.2) is 13.0 Å². The first kappa shape index (κ1) is 32.3. The maximum atomic E-state index is 10.4. The van der Waals surface area contributed by atoms with Crippen molar-refractivity contribution in [2.75, 3.05) is 5.32 Å². The number of aromatic nitrogens is 1. The van der Waals surface area contributed by atoms with Crippen LogP contribution in [0.1, 0.15) is 50.1 Å². The highest BCUT2D eigenvalue weighted by Crippen LogP contribution is 2.43. The van der Waals surface area contributed by atoms with E-state index in [4.69, 9.17) is 11.6 Å². The Morgan fingerprint density at radius 3 is 2.43 bits per heavy atom. The van der Waals surface area contributed by atoms with E-state index in [2.05, 4.69) is 90.5 Å². The topological polar surface area (TPSA) is 73.1 Å². The van der Waals surface area contributed by atoms with E-state index in [9.17, 15) is 13.0 Å². The second kappa shape index (κ2) is 14.3. The van der Waals surface area contributed by atoms with Crippen LogP contribution in [0.4, 0.5) is 5.69 Å². The fourth-order valence-electron chi connectivity index (χ4n) is 5.17. The summed E-state index contributed by atoms with van der Waals surface area (Å²) in [6, 6.07) is 22.9. The van der Waals surface area contributed by atoms with Crippen molar-refractivity contribution in [3.8, 4) is 0 Å². The van der Waals surface area contributed by atoms with E-state index in [1.807, 2.05) is 30.0 Å². The number of para-hydroxylation sites is 2. The molecule has 2 aliphatic rings. The number of aryl methyl sites for hydroxylation is 2. The smallest absolute Gasteiger partial charge is 0.262 e. The Hall–Kier alpha value is -3.14. The van der Waals surface area contributed by atoms with Crippen LogP contribution >= 0.6 is 34.7 Å². The maximum absolute atomic E-state index is 10.4. The van der Waals surface area contributed by atoms with Crippen molar-refractivity contribution in [1.82, 2.24) is 0 Å². The summed E-state index contributed by atoms with van der Waals surface area (Å²) in [5.74, 6) is 0. The second-order valence-corrected chi connectivity index (χ2v) is 14.4. The lowest BCUT2D eigenvalue weighted by Gasteiger charge is -2.18. The Morgan fingerprint density at radius 2 is 1.73 bits per heavy atom. The Morgan fingerprint density at radius 1 is 1.00 bits per heavy atom. The highest BCUT2D eigenvalue weighted by molar-refractivity contribution is 8.03. The molecule has 0 bridgehead atoms. The molecule has 2 heterocycles. The minimum atomic E-state index is -4.27. The normalized spacial score (nSPS) is 17.1. The van der Waals surface area contributed by atoms with Gasteiger partial charge in [-0.3, -0.25) is 0 Å². The van der Waals surface area contributed by atoms with E-state index in [0.717, 1.165) is 42.8 Å². The fourth-order valence-corrected chi connectivity index (χ4v) is 8.16. The van der Waals surface area contributed by atoms with Gasteiger partial charge in [0.1, 0.15) is 21.4 Å². The van der Waals surface area contributed by atoms with Gasteiger partial charge in [-0.2, -0.15) is 4.57 Å². The van der Waals surface area contributed by atoms with Gasteiger partial charge in [0.25, 0.3) is 5.01 Å². The molecular weight excluding hydrogens is 628 g/mol. The van der Waals surface area contributed by atoms with Gasteiger partial charge < -0.3 is 9.87 Å². The molecule has 0 fully saturated rings. The summed E-state index contributed by atoms with van der Waals surface area (Å²) in [6.45, 7) is 7.21. The third-order valence-electron chi connectivity index (χ3n) is 7.51. The highest BCUT2D eigenvalue weighted by atomic mass is 35.5. The van der Waals surface area contributed by atoms with Crippen molar-refractivity contribution in [2.45, 2.75) is 62.8 Å². The van der Waals surface area contributed by atoms with E-state index in [1.54, 1.807) is 12.1 Å². The number of benzene rings is 3. The van der Waals surface area contributed by atoms with Gasteiger partial charge in [-0.15, -0.1) is 0 Å². The number of hydrogen-bond acceptors (Lipinski definition) is 6. The van der Waals surface area contributed by atoms with Crippen LogP contribution in [0.2, 0.25) is 0 Å². The van der Waals surface area contributed by atoms with Crippen LogP contribution in [0.25, 0.3) is 16.3 Å². The molecule has 1 N–H and O–H groups in total. The molecule has 4 aromatic rings. The van der Waals surface area contributed by atoms with Crippen LogP contribution in [0.15, 0.2) is 122 Å². The van der Waals surface area contributed by atoms with Gasteiger partial charge in [-0.25, -0.2) is 8.42 Å². The first-order chi connectivity index (χ1) is 21.2. The third-order valence-corrected chi connectivity index (χ3v) is 11.1. The van der Waals surface area contributed by atoms with E-state index >= 15 is 0 Å². The first-order valence-electron chi connectivity index (χ1n) is 14.7. The van der Waals surface area contributed by atoms with Crippen LogP contribution < -0.4 is 9.88 Å². The van der Waals surface area contributed by atoms with Gasteiger partial charge in [0.05, 0.1) is 15.6 Å². The third kappa shape index (κ3) is 7.56. The van der Waals surface area contributed by atoms with Gasteiger partial charge in [-0.1, -0.05) is 95.7 Å². The fraction of sp³-hybridized carbons (Fsp3) is 0.229. The van der Waals surface area contributed by atoms with Crippen LogP contribution in [0.3, 0.4) is 0 Å². The monoisotopic (exact) mass is 662 g/mol. The molecule has 0 saturated heterocycles. The molecule has 0 amide bonds. The summed E-state index contributed by atoms with van der Waals surface area (Å²) in [7, 11) is -4.27. The van der Waals surface area contributed by atoms with Gasteiger partial charge in [-0.05, 0) is 86.6 Å². The Labute approximate surface area is 273 Å². The number of nitrogens with zero attached hydrogens (tertiary/aromatic N) is 1. The van der Waals surface area contributed by atoms with Gasteiger partial charge in [0.2, 0.25) is 5.52 Å². The molecule has 1 aromatic heterocycles. The summed E-state index contributed by atoms with van der Waals surface area (Å²) in [5, 5.41) is 7.02. The molecule has 0 unspecified atom stereocenters. The summed E-state index contributed by atoms with van der Waals surface area (Å²) in [6.07, 6.45) is 11.0. The van der Waals surface area contributed by atoms with Crippen molar-refractivity contribution >= 4 is 66.8 Å². The van der Waals surface area contributed by atoms with Gasteiger partial charge in [0, 0.05) is 22.1 Å². The van der Waals surface area contributed by atoms with Crippen LogP contribution in [-0.2, 0) is 16.7 Å². The number of rotatable bonds is 6. The maximum Gasteiger partial charge on any atom is 0.262 e. The Bertz CT molecular complexity index is 1880. The summed E-state index contributed by atoms with van der Waals surface area (Å²) < 4.78 is 34.9. The molecule has 228 valence electrons. The number of allylic oxidation sites excluding steroid dienone is 6. The SMILES string of the molecule is CCC(/C=C1/CCCC(/C=C/c2sc3ccccc3[n+]2CC)=C1Cl)=C1/Nc2ccccc2S1.Cc1ccc(S(=O)(=O)[O-])cc1. The van der Waals surface area contributed by atoms with Crippen molar-refractivity contribution in [1.29, 1.82) is 0 Å². The predicted molar refractivity (Wildman–Crippen MR) is 184 cm³/mol. The number of thioether (sulfide) groups is 1. The van der Waals surface area contributed by atoms with Crippen LogP contribution in [0.5, 0.6) is 0 Å². The van der Waals surface area contributed by atoms with Gasteiger partial charge in [0.15, 0.2) is 0 Å². The first-order valence-corrected chi connectivity index (χ1v) is 18.1. The minimum Gasteiger partial charge on any atom is -0.744 e. The van der Waals surface area contributed by atoms with E-state index in [1.165, 1.54) is 59.7 Å². The number of hydrogen-bond donors (Lipinski definition) is 1. The van der Waals surface area contributed by atoms with E-state index in [0.29, 0.717) is 0 Å². The molecule has 0 saturated carbocycles. The molecule has 0 spiro atoms. The van der Waals surface area contributed by atoms with E-state index < -0.39 is 10.1 Å². The summed E-state index contributed by atoms with van der Waals surface area (Å²) in [4.78, 5) is 1.11. The van der Waals surface area contributed by atoms with Crippen molar-refractivity contribution in [3.63, 3.8) is 0 Å². The van der Waals surface area contributed by atoms with Gasteiger partial charge >= 0.3 is 0 Å². The van der Waals surface area contributed by atoms with Crippen molar-refractivity contribution in [2.24, 2.45) is 0 Å².